The molecule has 6 fully saturated rings. The molecule has 0 spiro atoms. The average Bonchev–Trinajstić information content (AvgIpc) is 3.31. The van der Waals surface area contributed by atoms with Crippen molar-refractivity contribution in [3.05, 3.63) is 45.6 Å². The van der Waals surface area contributed by atoms with Gasteiger partial charge in [0.2, 0.25) is 5.91 Å². The minimum atomic E-state index is -0.876. The van der Waals surface area contributed by atoms with E-state index in [1.165, 1.54) is 0 Å². The maximum atomic E-state index is 15.8. The maximum Gasteiger partial charge on any atom is 0.310 e. The Morgan fingerprint density at radius 2 is 1.58 bits per heavy atom. The summed E-state index contributed by atoms with van der Waals surface area (Å²) in [6.45, 7) is 5.15. The van der Waals surface area contributed by atoms with Crippen molar-refractivity contribution in [3.8, 4) is 12.1 Å². The van der Waals surface area contributed by atoms with Crippen LogP contribution < -0.4 is 5.32 Å². The molecule has 1 amide bonds. The number of aryl methyl sites for hydroxylation is 1. The molecule has 1 aromatic heterocycles. The molecule has 0 atom stereocenters. The molecule has 6 saturated carbocycles. The SMILES string of the molecule is CC1=C(C#N)C(c2cc3c(NC(=O)C45C6C7C4C4C5C6C74C(=O)O)n[nH]c3c(C)c2F)C(C#N)=C(C)N1C. The number of anilines is 1. The van der Waals surface area contributed by atoms with Gasteiger partial charge in [-0.15, -0.1) is 0 Å². The van der Waals surface area contributed by atoms with Gasteiger partial charge in [-0.1, -0.05) is 0 Å². The van der Waals surface area contributed by atoms with Crippen molar-refractivity contribution < 1.29 is 19.1 Å². The zero-order valence-electron chi connectivity index (χ0n) is 21.0. The lowest BCUT2D eigenvalue weighted by molar-refractivity contribution is -0.625. The molecule has 1 aliphatic heterocycles. The number of carbonyl (C=O) groups excluding carboxylic acids is 1. The van der Waals surface area contributed by atoms with E-state index >= 15 is 4.39 Å². The topological polar surface area (TPSA) is 146 Å². The molecule has 10 heteroatoms. The number of hydrogen-bond acceptors (Lipinski definition) is 6. The highest BCUT2D eigenvalue weighted by atomic mass is 19.1. The first-order valence-corrected chi connectivity index (χ1v) is 12.8. The molecule has 0 bridgehead atoms. The van der Waals surface area contributed by atoms with E-state index in [1.54, 1.807) is 38.8 Å². The Labute approximate surface area is 216 Å². The normalized spacial score (nSPS) is 38.8. The van der Waals surface area contributed by atoms with Crippen molar-refractivity contribution >= 4 is 28.6 Å². The van der Waals surface area contributed by atoms with E-state index in [1.807, 2.05) is 0 Å². The molecule has 7 aliphatic rings. The number of carboxylic acids is 1. The first-order chi connectivity index (χ1) is 18.1. The number of aromatic nitrogens is 2. The number of halogens is 1. The van der Waals surface area contributed by atoms with Crippen LogP contribution in [0.4, 0.5) is 10.2 Å². The van der Waals surface area contributed by atoms with Gasteiger partial charge in [-0.2, -0.15) is 15.6 Å². The summed E-state index contributed by atoms with van der Waals surface area (Å²) >= 11 is 0. The first kappa shape index (κ1) is 21.9. The number of aliphatic carboxylic acids is 1. The molecule has 190 valence electrons. The average molecular weight is 511 g/mol. The molecule has 3 N–H and O–H groups in total. The molecular formula is C28H23FN6O3. The number of nitrogens with zero attached hydrogens (tertiary/aromatic N) is 4. The summed E-state index contributed by atoms with van der Waals surface area (Å²) in [6.07, 6.45) is 0. The van der Waals surface area contributed by atoms with Gasteiger partial charge >= 0.3 is 5.97 Å². The number of nitriles is 2. The number of aromatic amines is 1. The van der Waals surface area contributed by atoms with Gasteiger partial charge in [0.1, 0.15) is 5.82 Å². The molecule has 2 aromatic rings. The Bertz CT molecular complexity index is 1660. The molecule has 6 aliphatic carbocycles. The summed E-state index contributed by atoms with van der Waals surface area (Å²) < 4.78 is 15.8. The van der Waals surface area contributed by atoms with Crippen LogP contribution in [-0.2, 0) is 9.59 Å². The third-order valence-corrected chi connectivity index (χ3v) is 11.6. The Morgan fingerprint density at radius 1 is 1.05 bits per heavy atom. The monoisotopic (exact) mass is 510 g/mol. The molecule has 0 saturated heterocycles. The second kappa shape index (κ2) is 6.10. The van der Waals surface area contributed by atoms with E-state index in [0.29, 0.717) is 33.4 Å². The number of fused-ring (bicyclic) bond motifs is 1. The number of carboxylic acid groups (broad SMARTS) is 1. The van der Waals surface area contributed by atoms with Gasteiger partial charge in [-0.05, 0) is 62.3 Å². The van der Waals surface area contributed by atoms with Crippen molar-refractivity contribution in [2.24, 2.45) is 46.3 Å². The van der Waals surface area contributed by atoms with Crippen molar-refractivity contribution in [1.82, 2.24) is 15.1 Å². The lowest BCUT2D eigenvalue weighted by Gasteiger charge is -3.09. The first-order valence-electron chi connectivity index (χ1n) is 12.8. The number of H-pyrrole nitrogens is 1. The number of nitrogens with one attached hydrogen (secondary N) is 2. The fourth-order valence-electron chi connectivity index (χ4n) is 10.0. The van der Waals surface area contributed by atoms with Gasteiger partial charge < -0.3 is 15.3 Å². The van der Waals surface area contributed by atoms with Gasteiger partial charge in [0.25, 0.3) is 0 Å². The Hall–Kier alpha value is -4.18. The molecular weight excluding hydrogens is 487 g/mol. The van der Waals surface area contributed by atoms with Crippen LogP contribution in [-0.4, -0.2) is 39.1 Å². The van der Waals surface area contributed by atoms with Gasteiger partial charge in [0, 0.05) is 35.0 Å². The van der Waals surface area contributed by atoms with Crippen LogP contribution in [0.3, 0.4) is 0 Å². The predicted molar refractivity (Wildman–Crippen MR) is 130 cm³/mol. The molecule has 9 rings (SSSR count). The van der Waals surface area contributed by atoms with Crippen LogP contribution in [0.2, 0.25) is 0 Å². The molecule has 1 aromatic carbocycles. The zero-order chi connectivity index (χ0) is 26.8. The lowest BCUT2D eigenvalue weighted by atomic mass is 8.92. The van der Waals surface area contributed by atoms with E-state index in [0.717, 1.165) is 0 Å². The zero-order valence-corrected chi connectivity index (χ0v) is 21.0. The summed E-state index contributed by atoms with van der Waals surface area (Å²) in [5, 5.41) is 40.3. The molecule has 0 radical (unpaired) electrons. The van der Waals surface area contributed by atoms with Crippen molar-refractivity contribution in [2.75, 3.05) is 12.4 Å². The van der Waals surface area contributed by atoms with E-state index < -0.39 is 28.5 Å². The van der Waals surface area contributed by atoms with Crippen LogP contribution in [0.25, 0.3) is 10.9 Å². The third-order valence-electron chi connectivity index (χ3n) is 11.6. The second-order valence-electron chi connectivity index (χ2n) is 11.9. The summed E-state index contributed by atoms with van der Waals surface area (Å²) in [5.74, 6) is -1.11. The minimum Gasteiger partial charge on any atom is -0.481 e. The van der Waals surface area contributed by atoms with Crippen LogP contribution in [0.1, 0.15) is 30.9 Å². The van der Waals surface area contributed by atoms with Gasteiger partial charge in [0.05, 0.1) is 45.5 Å². The fourth-order valence-corrected chi connectivity index (χ4v) is 10.0. The number of carbonyl (C=O) groups is 2. The van der Waals surface area contributed by atoms with Crippen LogP contribution in [0.5, 0.6) is 0 Å². The highest BCUT2D eigenvalue weighted by Gasteiger charge is 3.13. The largest absolute Gasteiger partial charge is 0.481 e. The van der Waals surface area contributed by atoms with E-state index in [9.17, 15) is 25.2 Å². The highest BCUT2D eigenvalue weighted by molar-refractivity contribution is 6.07. The Kier molecular flexibility index (Phi) is 3.51. The van der Waals surface area contributed by atoms with E-state index in [2.05, 4.69) is 27.7 Å². The number of amides is 1. The molecule has 38 heavy (non-hydrogen) atoms. The number of hydrogen-bond donors (Lipinski definition) is 3. The Morgan fingerprint density at radius 3 is 2.08 bits per heavy atom. The second-order valence-corrected chi connectivity index (χ2v) is 11.9. The molecule has 0 unspecified atom stereocenters. The van der Waals surface area contributed by atoms with E-state index in [4.69, 9.17) is 0 Å². The smallest absolute Gasteiger partial charge is 0.310 e. The van der Waals surface area contributed by atoms with Gasteiger partial charge in [0.15, 0.2) is 5.82 Å². The number of allylic oxidation sites excluding steroid dienone is 4. The summed E-state index contributed by atoms with van der Waals surface area (Å²) in [5.41, 5.74) is 1.76. The van der Waals surface area contributed by atoms with E-state index in [-0.39, 0.29) is 58.4 Å². The van der Waals surface area contributed by atoms with Crippen molar-refractivity contribution in [3.63, 3.8) is 0 Å². The summed E-state index contributed by atoms with van der Waals surface area (Å²) in [6, 6.07) is 5.95. The maximum absolute atomic E-state index is 15.8. The summed E-state index contributed by atoms with van der Waals surface area (Å²) in [4.78, 5) is 27.2. The van der Waals surface area contributed by atoms with Gasteiger partial charge in [-0.3, -0.25) is 14.7 Å². The molecule has 2 heterocycles. The lowest BCUT2D eigenvalue weighted by Crippen LogP contribution is -3.12. The number of benzene rings is 1. The summed E-state index contributed by atoms with van der Waals surface area (Å²) in [7, 11) is 1.77. The minimum absolute atomic E-state index is 0.127. The quantitative estimate of drug-likeness (QED) is 0.571. The standard InChI is InChI=1S/C28H23FN6O3/c1-8-22(29)11(15-13(6-30)9(2)35(4)10(3)14(15)7-31)5-12-23(8)33-34-24(12)32-25(36)27-16-19-17(27)21-18(27)20(16)28(19,21)26(37)38/h5,15-21H,1-4H3,(H,37,38)(H2,32,33,34,36). The van der Waals surface area contributed by atoms with Crippen LogP contribution in [0, 0.1) is 81.7 Å². The predicted octanol–water partition coefficient (Wildman–Crippen LogP) is 3.40. The fraction of sp³-hybridized carbons (Fsp3) is 0.464. The van der Waals surface area contributed by atoms with Gasteiger partial charge in [-0.25, -0.2) is 4.39 Å². The van der Waals surface area contributed by atoms with Crippen molar-refractivity contribution in [1.29, 1.82) is 10.5 Å². The third kappa shape index (κ3) is 1.71. The van der Waals surface area contributed by atoms with Crippen molar-refractivity contribution in [2.45, 2.75) is 26.7 Å². The molecule has 9 nitrogen and oxygen atoms in total. The highest BCUT2D eigenvalue weighted by Crippen LogP contribution is 3.10. The van der Waals surface area contributed by atoms with Crippen LogP contribution in [0.15, 0.2) is 28.6 Å². The Balaban J connectivity index is 1.18. The number of rotatable bonds is 4. The van der Waals surface area contributed by atoms with Crippen LogP contribution >= 0.6 is 0 Å².